The number of esters is 2. The zero-order valence-corrected chi connectivity index (χ0v) is 20.7. The van der Waals surface area contributed by atoms with Crippen LogP contribution in [0.5, 0.6) is 0 Å². The summed E-state index contributed by atoms with van der Waals surface area (Å²) in [4.78, 5) is 43.1. The van der Waals surface area contributed by atoms with Crippen LogP contribution in [0.3, 0.4) is 0 Å². The number of nitrogens with two attached hydrogens (primary N) is 6. The molecule has 0 aromatic carbocycles. The van der Waals surface area contributed by atoms with Crippen molar-refractivity contribution >= 4 is 53.7 Å². The minimum atomic E-state index is -0.799. The van der Waals surface area contributed by atoms with E-state index in [-0.39, 0.29) is 40.2 Å². The third-order valence-electron chi connectivity index (χ3n) is 4.68. The Kier molecular flexibility index (Phi) is 14.4. The van der Waals surface area contributed by atoms with Crippen LogP contribution in [0.2, 0.25) is 0 Å². The molecule has 0 radical (unpaired) electrons. The van der Waals surface area contributed by atoms with Crippen molar-refractivity contribution in [1.82, 2.24) is 0 Å². The molecule has 12 N–H and O–H groups in total. The predicted molar refractivity (Wildman–Crippen MR) is 135 cm³/mol. The second kappa shape index (κ2) is 16.4. The summed E-state index contributed by atoms with van der Waals surface area (Å²) in [7, 11) is 0. The fraction of sp³-hybridized carbons (Fsp3) is 0.737. The Morgan fingerprint density at radius 2 is 1.24 bits per heavy atom. The van der Waals surface area contributed by atoms with E-state index in [0.717, 1.165) is 6.29 Å². The van der Waals surface area contributed by atoms with Crippen molar-refractivity contribution in [2.24, 2.45) is 44.4 Å². The molecule has 0 aromatic rings. The zero-order valence-electron chi connectivity index (χ0n) is 19.0. The first kappa shape index (κ1) is 29.8. The topological polar surface area (TPSA) is 251 Å². The molecule has 1 aliphatic rings. The number of ether oxygens (including phenoxy) is 2. The number of nitrogens with zero attached hydrogens (tertiary/aromatic N) is 2. The van der Waals surface area contributed by atoms with Gasteiger partial charge >= 0.3 is 11.9 Å². The molecule has 0 bridgehead atoms. The molecule has 0 amide bonds. The highest BCUT2D eigenvalue weighted by Gasteiger charge is 2.37. The Balaban J connectivity index is 2.49. The molecule has 0 saturated carbocycles. The summed E-state index contributed by atoms with van der Waals surface area (Å²) >= 11 is 3.02. The molecule has 1 unspecified atom stereocenters. The summed E-state index contributed by atoms with van der Waals surface area (Å²) in [5, 5.41) is -0.336. The number of hydrogen-bond acceptors (Lipinski definition) is 11. The Hall–Kier alpha value is -2.23. The summed E-state index contributed by atoms with van der Waals surface area (Å²) in [6, 6.07) is -1.60. The molecule has 0 aliphatic carbocycles. The average Bonchev–Trinajstić information content (AvgIpc) is 3.17. The van der Waals surface area contributed by atoms with Crippen LogP contribution < -0.4 is 34.4 Å². The van der Waals surface area contributed by atoms with Crippen molar-refractivity contribution in [2.45, 2.75) is 59.3 Å². The molecule has 1 aliphatic heterocycles. The molecule has 15 heteroatoms. The standard InChI is InChI=1S/C19H36N8O5S2/c20-11(3-1-6-26-18(22)23)16(29)31-9-13-14(34-15(33-13)5-8-28)10-32-17(30)12(21)4-2-7-27-19(24)25/h8,11-15H,1-7,9-10,20-21H2,(H4,22,23,26)(H4,24,25,27)/t11-,12-,13-,14+,15?/m0/s1. The lowest BCUT2D eigenvalue weighted by atomic mass is 10.1. The number of thioether (sulfide) groups is 2. The van der Waals surface area contributed by atoms with E-state index in [4.69, 9.17) is 43.9 Å². The fourth-order valence-electron chi connectivity index (χ4n) is 2.90. The first-order chi connectivity index (χ1) is 16.1. The van der Waals surface area contributed by atoms with Gasteiger partial charge in [-0.1, -0.05) is 0 Å². The van der Waals surface area contributed by atoms with Crippen LogP contribution in [0.15, 0.2) is 9.98 Å². The molecule has 0 spiro atoms. The third-order valence-corrected chi connectivity index (χ3v) is 8.14. The maximum absolute atomic E-state index is 12.2. The van der Waals surface area contributed by atoms with Gasteiger partial charge in [0.05, 0.1) is 15.1 Å². The fourth-order valence-corrected chi connectivity index (χ4v) is 6.36. The largest absolute Gasteiger partial charge is 0.463 e. The van der Waals surface area contributed by atoms with Crippen LogP contribution in [0, 0.1) is 0 Å². The van der Waals surface area contributed by atoms with Gasteiger partial charge in [0.15, 0.2) is 11.9 Å². The van der Waals surface area contributed by atoms with E-state index in [9.17, 15) is 14.4 Å². The number of hydrogen-bond donors (Lipinski definition) is 6. The van der Waals surface area contributed by atoms with E-state index in [2.05, 4.69) is 9.98 Å². The lowest BCUT2D eigenvalue weighted by Gasteiger charge is -2.20. The highest BCUT2D eigenvalue weighted by atomic mass is 32.2. The van der Waals surface area contributed by atoms with Gasteiger partial charge in [-0.25, -0.2) is 0 Å². The summed E-state index contributed by atoms with van der Waals surface area (Å²) in [6.07, 6.45) is 2.98. The van der Waals surface area contributed by atoms with Gasteiger partial charge in [0.1, 0.15) is 31.6 Å². The quantitative estimate of drug-likeness (QED) is 0.0422. The Bertz CT molecular complexity index is 665. The molecule has 1 fully saturated rings. The minimum absolute atomic E-state index is 0.0181. The first-order valence-corrected chi connectivity index (χ1v) is 12.7. The Morgan fingerprint density at radius 1 is 0.824 bits per heavy atom. The van der Waals surface area contributed by atoms with Crippen molar-refractivity contribution < 1.29 is 23.9 Å². The van der Waals surface area contributed by atoms with E-state index in [1.807, 2.05) is 0 Å². The number of guanidine groups is 2. The van der Waals surface area contributed by atoms with Crippen LogP contribution in [-0.2, 0) is 23.9 Å². The van der Waals surface area contributed by atoms with E-state index < -0.39 is 24.0 Å². The van der Waals surface area contributed by atoms with Gasteiger partial charge in [0.25, 0.3) is 0 Å². The van der Waals surface area contributed by atoms with E-state index in [1.165, 1.54) is 23.5 Å². The van der Waals surface area contributed by atoms with Gasteiger partial charge in [0, 0.05) is 19.5 Å². The third kappa shape index (κ3) is 12.3. The Morgan fingerprint density at radius 3 is 1.59 bits per heavy atom. The number of carbonyl (C=O) groups excluding carboxylic acids is 3. The summed E-state index contributed by atoms with van der Waals surface area (Å²) in [5.74, 6) is -1.11. The molecule has 5 atom stereocenters. The highest BCUT2D eigenvalue weighted by Crippen LogP contribution is 2.45. The van der Waals surface area contributed by atoms with Crippen molar-refractivity contribution in [3.05, 3.63) is 0 Å². The highest BCUT2D eigenvalue weighted by molar-refractivity contribution is 8.20. The van der Waals surface area contributed by atoms with Gasteiger partial charge in [0.2, 0.25) is 0 Å². The van der Waals surface area contributed by atoms with Gasteiger partial charge < -0.3 is 48.7 Å². The number of aliphatic imine (C=N–C) groups is 2. The SMILES string of the molecule is NC(N)=NCCC[C@H](N)C(=O)OC[C@@H]1SC(CC=O)S[C@@H]1COC(=O)[C@@H](N)CCCN=C(N)N. The lowest BCUT2D eigenvalue weighted by molar-refractivity contribution is -0.147. The summed E-state index contributed by atoms with van der Waals surface area (Å²) in [5.41, 5.74) is 32.8. The van der Waals surface area contributed by atoms with Crippen LogP contribution in [-0.4, -0.2) is 83.6 Å². The molecule has 194 valence electrons. The van der Waals surface area contributed by atoms with Crippen molar-refractivity contribution in [3.63, 3.8) is 0 Å². The summed E-state index contributed by atoms with van der Waals surface area (Å²) in [6.45, 7) is 0.909. The van der Waals surface area contributed by atoms with E-state index >= 15 is 0 Å². The first-order valence-electron chi connectivity index (χ1n) is 10.8. The van der Waals surface area contributed by atoms with E-state index in [0.29, 0.717) is 45.2 Å². The molecule has 34 heavy (non-hydrogen) atoms. The van der Waals surface area contributed by atoms with Gasteiger partial charge in [-0.3, -0.25) is 19.6 Å². The summed E-state index contributed by atoms with van der Waals surface area (Å²) < 4.78 is 10.8. The lowest BCUT2D eigenvalue weighted by Crippen LogP contribution is -2.37. The molecule has 0 aromatic heterocycles. The van der Waals surface area contributed by atoms with Crippen molar-refractivity contribution in [2.75, 3.05) is 26.3 Å². The number of aldehydes is 1. The van der Waals surface area contributed by atoms with Crippen LogP contribution >= 0.6 is 23.5 Å². The Labute approximate surface area is 207 Å². The molecular formula is C19H36N8O5S2. The monoisotopic (exact) mass is 520 g/mol. The number of rotatable bonds is 16. The van der Waals surface area contributed by atoms with E-state index in [1.54, 1.807) is 0 Å². The van der Waals surface area contributed by atoms with Crippen molar-refractivity contribution in [3.8, 4) is 0 Å². The number of carbonyl (C=O) groups is 3. The average molecular weight is 521 g/mol. The predicted octanol–water partition coefficient (Wildman–Crippen LogP) is -2.03. The van der Waals surface area contributed by atoms with Gasteiger partial charge in [-0.05, 0) is 25.7 Å². The molecule has 1 rings (SSSR count). The normalized spacial score (nSPS) is 21.2. The molecular weight excluding hydrogens is 484 g/mol. The minimum Gasteiger partial charge on any atom is -0.463 e. The van der Waals surface area contributed by atoms with Crippen molar-refractivity contribution in [1.29, 1.82) is 0 Å². The molecule has 1 heterocycles. The zero-order chi connectivity index (χ0) is 25.5. The molecule has 13 nitrogen and oxygen atoms in total. The maximum atomic E-state index is 12.2. The van der Waals surface area contributed by atoms with Gasteiger partial charge in [-0.15, -0.1) is 23.5 Å². The van der Waals surface area contributed by atoms with Gasteiger partial charge in [-0.2, -0.15) is 0 Å². The molecule has 1 saturated heterocycles. The van der Waals surface area contributed by atoms with Crippen LogP contribution in [0.1, 0.15) is 32.1 Å². The van der Waals surface area contributed by atoms with Crippen LogP contribution in [0.4, 0.5) is 0 Å². The maximum Gasteiger partial charge on any atom is 0.322 e. The second-order valence-corrected chi connectivity index (χ2v) is 10.7. The second-order valence-electron chi connectivity index (χ2n) is 7.55. The smallest absolute Gasteiger partial charge is 0.322 e. The van der Waals surface area contributed by atoms with Crippen LogP contribution in [0.25, 0.3) is 0 Å².